The average molecular weight is 294 g/mol. The molecule has 0 saturated heterocycles. The first kappa shape index (κ1) is 15.2. The van der Waals surface area contributed by atoms with Crippen molar-refractivity contribution in [2.24, 2.45) is 5.73 Å². The molecule has 1 aromatic rings. The molecule has 0 aliphatic heterocycles. The highest BCUT2D eigenvalue weighted by atomic mass is 32.2. The number of carbonyl (C=O) groups is 1. The molecule has 2 rings (SSSR count). The molecule has 0 bridgehead atoms. The summed E-state index contributed by atoms with van der Waals surface area (Å²) in [7, 11) is -0.958. The molecule has 1 aliphatic rings. The van der Waals surface area contributed by atoms with Crippen LogP contribution in [0.4, 0.5) is 0 Å². The second-order valence-electron chi connectivity index (χ2n) is 5.39. The van der Waals surface area contributed by atoms with Gasteiger partial charge in [0.1, 0.15) is 0 Å². The largest absolute Gasteiger partial charge is 0.354 e. The van der Waals surface area contributed by atoms with E-state index in [9.17, 15) is 9.00 Å². The lowest BCUT2D eigenvalue weighted by Gasteiger charge is -2.22. The molecule has 3 N–H and O–H groups in total. The molecule has 5 heteroatoms. The Hall–Kier alpha value is -1.20. The fourth-order valence-corrected chi connectivity index (χ4v) is 3.56. The third kappa shape index (κ3) is 4.15. The van der Waals surface area contributed by atoms with Crippen molar-refractivity contribution >= 4 is 16.7 Å². The van der Waals surface area contributed by atoms with Gasteiger partial charge >= 0.3 is 0 Å². The Balaban J connectivity index is 1.70. The highest BCUT2D eigenvalue weighted by Gasteiger charge is 2.36. The smallest absolute Gasteiger partial charge is 0.240 e. The van der Waals surface area contributed by atoms with Crippen LogP contribution in [0.3, 0.4) is 0 Å². The molecule has 0 radical (unpaired) electrons. The lowest BCUT2D eigenvalue weighted by molar-refractivity contribution is -0.126. The van der Waals surface area contributed by atoms with Crippen molar-refractivity contribution in [2.75, 3.05) is 12.3 Å². The monoisotopic (exact) mass is 294 g/mol. The third-order valence-electron chi connectivity index (χ3n) is 3.73. The summed E-state index contributed by atoms with van der Waals surface area (Å²) in [5.74, 6) is 0.910. The summed E-state index contributed by atoms with van der Waals surface area (Å²) in [5.41, 5.74) is 6.42. The fourth-order valence-electron chi connectivity index (χ4n) is 2.52. The van der Waals surface area contributed by atoms with Gasteiger partial charge in [-0.15, -0.1) is 0 Å². The number of hydrogen-bond donors (Lipinski definition) is 2. The first-order valence-corrected chi connectivity index (χ1v) is 8.55. The molecule has 20 heavy (non-hydrogen) atoms. The molecule has 0 aromatic heterocycles. The summed E-state index contributed by atoms with van der Waals surface area (Å²) in [6.07, 6.45) is 3.55. The molecule has 1 atom stereocenters. The van der Waals surface area contributed by atoms with Crippen LogP contribution in [0.5, 0.6) is 0 Å². The molecular formula is C15H22N2O2S. The van der Waals surface area contributed by atoms with E-state index >= 15 is 0 Å². The molecular weight excluding hydrogens is 272 g/mol. The molecule has 0 heterocycles. The number of carbonyl (C=O) groups excluding carboxylic acids is 1. The Morgan fingerprint density at radius 2 is 1.90 bits per heavy atom. The zero-order valence-electron chi connectivity index (χ0n) is 11.6. The molecule has 1 fully saturated rings. The van der Waals surface area contributed by atoms with Gasteiger partial charge in [-0.2, -0.15) is 0 Å². The fraction of sp³-hybridized carbons (Fsp3) is 0.533. The molecule has 1 amide bonds. The van der Waals surface area contributed by atoms with Crippen molar-refractivity contribution in [2.45, 2.75) is 37.0 Å². The Morgan fingerprint density at radius 1 is 1.25 bits per heavy atom. The van der Waals surface area contributed by atoms with Gasteiger partial charge in [0, 0.05) is 28.9 Å². The topological polar surface area (TPSA) is 72.2 Å². The highest BCUT2D eigenvalue weighted by molar-refractivity contribution is 7.84. The summed E-state index contributed by atoms with van der Waals surface area (Å²) in [6.45, 7) is 0.428. The van der Waals surface area contributed by atoms with Crippen LogP contribution in [0, 0.1) is 0 Å². The Kier molecular flexibility index (Phi) is 5.31. The second kappa shape index (κ2) is 6.99. The van der Waals surface area contributed by atoms with Gasteiger partial charge < -0.3 is 11.1 Å². The van der Waals surface area contributed by atoms with Gasteiger partial charge in [0.15, 0.2) is 0 Å². The van der Waals surface area contributed by atoms with Crippen LogP contribution in [0.25, 0.3) is 0 Å². The van der Waals surface area contributed by atoms with Crippen LogP contribution >= 0.6 is 0 Å². The van der Waals surface area contributed by atoms with Gasteiger partial charge in [0.25, 0.3) is 0 Å². The lowest BCUT2D eigenvalue weighted by atomic mass is 9.98. The van der Waals surface area contributed by atoms with Crippen LogP contribution in [-0.4, -0.2) is 28.0 Å². The molecule has 0 spiro atoms. The van der Waals surface area contributed by atoms with E-state index in [0.717, 1.165) is 31.2 Å². The maximum absolute atomic E-state index is 12.0. The minimum absolute atomic E-state index is 0.0910. The minimum Gasteiger partial charge on any atom is -0.354 e. The summed E-state index contributed by atoms with van der Waals surface area (Å²) >= 11 is 0. The van der Waals surface area contributed by atoms with Crippen molar-refractivity contribution in [3.8, 4) is 0 Å². The van der Waals surface area contributed by atoms with E-state index < -0.39 is 16.3 Å². The van der Waals surface area contributed by atoms with Crippen molar-refractivity contribution < 1.29 is 9.00 Å². The van der Waals surface area contributed by atoms with E-state index in [4.69, 9.17) is 5.73 Å². The van der Waals surface area contributed by atoms with E-state index in [1.54, 1.807) is 0 Å². The van der Waals surface area contributed by atoms with Gasteiger partial charge in [-0.25, -0.2) is 0 Å². The first-order chi connectivity index (χ1) is 9.60. The Morgan fingerprint density at radius 3 is 2.55 bits per heavy atom. The first-order valence-electron chi connectivity index (χ1n) is 7.06. The van der Waals surface area contributed by atoms with Gasteiger partial charge in [0.2, 0.25) is 5.91 Å². The predicted octanol–water partition coefficient (Wildman–Crippen LogP) is 1.32. The number of rotatable bonds is 6. The van der Waals surface area contributed by atoms with Crippen LogP contribution in [0.15, 0.2) is 30.3 Å². The van der Waals surface area contributed by atoms with Crippen LogP contribution in [0.2, 0.25) is 0 Å². The summed E-state index contributed by atoms with van der Waals surface area (Å²) in [4.78, 5) is 12.0. The van der Waals surface area contributed by atoms with Gasteiger partial charge in [0.05, 0.1) is 5.54 Å². The standard InChI is InChI=1S/C15H22N2O2S/c16-15(8-4-5-9-15)14(18)17-10-11-20(19)12-13-6-2-1-3-7-13/h1-3,6-7H,4-5,8-12,16H2,(H,17,18). The summed E-state index contributed by atoms with van der Waals surface area (Å²) in [6, 6.07) is 9.74. The molecule has 4 nitrogen and oxygen atoms in total. The zero-order chi connectivity index (χ0) is 14.4. The predicted molar refractivity (Wildman–Crippen MR) is 81.6 cm³/mol. The SMILES string of the molecule is NC1(C(=O)NCCS(=O)Cc2ccccc2)CCCC1. The van der Waals surface area contributed by atoms with Crippen LogP contribution in [0.1, 0.15) is 31.2 Å². The Labute approximate surface area is 122 Å². The molecule has 1 aromatic carbocycles. The van der Waals surface area contributed by atoms with Crippen LogP contribution < -0.4 is 11.1 Å². The van der Waals surface area contributed by atoms with E-state index in [1.807, 2.05) is 30.3 Å². The van der Waals surface area contributed by atoms with Crippen LogP contribution in [-0.2, 0) is 21.3 Å². The van der Waals surface area contributed by atoms with Gasteiger partial charge in [-0.3, -0.25) is 9.00 Å². The molecule has 1 saturated carbocycles. The van der Waals surface area contributed by atoms with Gasteiger partial charge in [-0.1, -0.05) is 43.2 Å². The second-order valence-corrected chi connectivity index (χ2v) is 6.97. The number of nitrogens with two attached hydrogens (primary N) is 1. The number of amides is 1. The van der Waals surface area contributed by atoms with Crippen molar-refractivity contribution in [3.63, 3.8) is 0 Å². The average Bonchev–Trinajstić information content (AvgIpc) is 2.88. The highest BCUT2D eigenvalue weighted by Crippen LogP contribution is 2.27. The summed E-state index contributed by atoms with van der Waals surface area (Å²) in [5, 5.41) is 2.82. The molecule has 1 unspecified atom stereocenters. The number of benzene rings is 1. The zero-order valence-corrected chi connectivity index (χ0v) is 12.5. The van der Waals surface area contributed by atoms with E-state index in [1.165, 1.54) is 0 Å². The number of hydrogen-bond acceptors (Lipinski definition) is 3. The maximum Gasteiger partial charge on any atom is 0.240 e. The van der Waals surface area contributed by atoms with E-state index in [2.05, 4.69) is 5.32 Å². The third-order valence-corrected chi connectivity index (χ3v) is 5.05. The Bertz CT molecular complexity index is 470. The minimum atomic E-state index is -0.958. The lowest BCUT2D eigenvalue weighted by Crippen LogP contribution is -2.52. The van der Waals surface area contributed by atoms with E-state index in [0.29, 0.717) is 18.1 Å². The van der Waals surface area contributed by atoms with Gasteiger partial charge in [-0.05, 0) is 18.4 Å². The molecule has 1 aliphatic carbocycles. The summed E-state index contributed by atoms with van der Waals surface area (Å²) < 4.78 is 11.9. The van der Waals surface area contributed by atoms with E-state index in [-0.39, 0.29) is 5.91 Å². The van der Waals surface area contributed by atoms with Crippen molar-refractivity contribution in [3.05, 3.63) is 35.9 Å². The number of nitrogens with one attached hydrogen (secondary N) is 1. The molecule has 110 valence electrons. The van der Waals surface area contributed by atoms with Crippen molar-refractivity contribution in [1.82, 2.24) is 5.32 Å². The maximum atomic E-state index is 12.0. The normalized spacial score (nSPS) is 18.6. The quantitative estimate of drug-likeness (QED) is 0.831. The van der Waals surface area contributed by atoms with Crippen molar-refractivity contribution in [1.29, 1.82) is 0 Å².